The summed E-state index contributed by atoms with van der Waals surface area (Å²) in [6.07, 6.45) is 6.88. The maximum absolute atomic E-state index is 7.07. The molecule has 0 N–H and O–H groups in total. The molecule has 1 aliphatic carbocycles. The maximum Gasteiger partial charge on any atom is 0.485 e. The van der Waals surface area contributed by atoms with Crippen molar-refractivity contribution in [3.63, 3.8) is 0 Å². The highest BCUT2D eigenvalue weighted by molar-refractivity contribution is 6.67. The van der Waals surface area contributed by atoms with E-state index < -0.39 is 11.9 Å². The highest BCUT2D eigenvalue weighted by Gasteiger charge is 2.60. The molecule has 4 heteroatoms. The van der Waals surface area contributed by atoms with Gasteiger partial charge in [-0.1, -0.05) is 48.6 Å². The molecule has 3 rings (SSSR count). The van der Waals surface area contributed by atoms with Crippen LogP contribution in [0.4, 0.5) is 0 Å². The zero-order valence-corrected chi connectivity index (χ0v) is 14.4. The summed E-state index contributed by atoms with van der Waals surface area (Å²) < 4.78 is 11.8. The lowest BCUT2D eigenvalue weighted by molar-refractivity contribution is 0.00578. The quantitative estimate of drug-likeness (QED) is 0.584. The minimum Gasteiger partial charge on any atom is -0.402 e. The number of allylic oxidation sites excluding steroid dienone is 4. The SMILES string of the molecule is CC1(C)OB(C2(Cl)CC=CC=C2c2ccccc2)OC1(C)C. The molecule has 1 aromatic rings. The van der Waals surface area contributed by atoms with Gasteiger partial charge in [0, 0.05) is 0 Å². The summed E-state index contributed by atoms with van der Waals surface area (Å²) in [5.74, 6) is 0. The first-order chi connectivity index (χ1) is 10.3. The van der Waals surface area contributed by atoms with E-state index in [-0.39, 0.29) is 11.2 Å². The van der Waals surface area contributed by atoms with Gasteiger partial charge in [-0.3, -0.25) is 0 Å². The number of halogens is 1. The van der Waals surface area contributed by atoms with Crippen LogP contribution in [0.2, 0.25) is 0 Å². The molecule has 0 radical (unpaired) electrons. The average molecular weight is 317 g/mol. The molecule has 1 aromatic carbocycles. The van der Waals surface area contributed by atoms with Gasteiger partial charge >= 0.3 is 7.12 Å². The van der Waals surface area contributed by atoms with Gasteiger partial charge in [0.1, 0.15) is 4.77 Å². The lowest BCUT2D eigenvalue weighted by Crippen LogP contribution is -2.45. The van der Waals surface area contributed by atoms with E-state index in [1.807, 2.05) is 24.3 Å². The van der Waals surface area contributed by atoms with Crippen molar-refractivity contribution in [2.75, 3.05) is 0 Å². The van der Waals surface area contributed by atoms with E-state index in [1.54, 1.807) is 0 Å². The van der Waals surface area contributed by atoms with E-state index in [9.17, 15) is 0 Å². The second kappa shape index (κ2) is 5.26. The molecule has 2 nitrogen and oxygen atoms in total. The summed E-state index contributed by atoms with van der Waals surface area (Å²) in [6, 6.07) is 10.2. The van der Waals surface area contributed by atoms with Crippen LogP contribution in [-0.2, 0) is 9.31 Å². The first-order valence-electron chi connectivity index (χ1n) is 7.74. The zero-order chi connectivity index (χ0) is 16.0. The molecule has 0 aromatic heterocycles. The summed E-state index contributed by atoms with van der Waals surface area (Å²) >= 11 is 7.07. The van der Waals surface area contributed by atoms with Gasteiger partial charge < -0.3 is 9.31 Å². The first-order valence-corrected chi connectivity index (χ1v) is 8.11. The monoisotopic (exact) mass is 316 g/mol. The Kier molecular flexibility index (Phi) is 3.79. The van der Waals surface area contributed by atoms with Gasteiger partial charge in [-0.15, -0.1) is 11.6 Å². The van der Waals surface area contributed by atoms with Gasteiger partial charge in [-0.05, 0) is 45.3 Å². The molecule has 1 unspecified atom stereocenters. The third-order valence-corrected chi connectivity index (χ3v) is 5.51. The number of benzene rings is 1. The molecule has 0 bridgehead atoms. The van der Waals surface area contributed by atoms with Crippen molar-refractivity contribution in [3.05, 3.63) is 54.1 Å². The minimum absolute atomic E-state index is 0.386. The van der Waals surface area contributed by atoms with E-state index in [2.05, 4.69) is 52.0 Å². The van der Waals surface area contributed by atoms with Crippen LogP contribution in [0.15, 0.2) is 48.6 Å². The number of rotatable bonds is 2. The molecule has 1 fully saturated rings. The lowest BCUT2D eigenvalue weighted by atomic mass is 9.62. The van der Waals surface area contributed by atoms with Gasteiger partial charge in [0.2, 0.25) is 0 Å². The summed E-state index contributed by atoms with van der Waals surface area (Å²) in [4.78, 5) is 0. The Morgan fingerprint density at radius 3 is 2.18 bits per heavy atom. The van der Waals surface area contributed by atoms with Crippen LogP contribution in [0.5, 0.6) is 0 Å². The van der Waals surface area contributed by atoms with Crippen LogP contribution >= 0.6 is 11.6 Å². The van der Waals surface area contributed by atoms with Gasteiger partial charge in [0.05, 0.1) is 11.2 Å². The fraction of sp³-hybridized carbons (Fsp3) is 0.444. The molecule has 116 valence electrons. The Labute approximate surface area is 138 Å². The highest BCUT2D eigenvalue weighted by atomic mass is 35.5. The number of hydrogen-bond acceptors (Lipinski definition) is 2. The second-order valence-corrected chi connectivity index (χ2v) is 7.70. The molecule has 1 atom stereocenters. The van der Waals surface area contributed by atoms with Crippen molar-refractivity contribution >= 4 is 24.3 Å². The van der Waals surface area contributed by atoms with E-state index in [4.69, 9.17) is 20.9 Å². The summed E-state index contributed by atoms with van der Waals surface area (Å²) in [5.41, 5.74) is 1.39. The van der Waals surface area contributed by atoms with E-state index in [0.29, 0.717) is 6.42 Å². The molecular weight excluding hydrogens is 294 g/mol. The van der Waals surface area contributed by atoms with Crippen LogP contribution in [0.3, 0.4) is 0 Å². The van der Waals surface area contributed by atoms with E-state index >= 15 is 0 Å². The smallest absolute Gasteiger partial charge is 0.402 e. The molecule has 2 aliphatic rings. The van der Waals surface area contributed by atoms with Crippen molar-refractivity contribution in [1.29, 1.82) is 0 Å². The predicted molar refractivity (Wildman–Crippen MR) is 92.8 cm³/mol. The molecule has 1 saturated heterocycles. The van der Waals surface area contributed by atoms with Crippen LogP contribution in [0, 0.1) is 0 Å². The molecule has 22 heavy (non-hydrogen) atoms. The van der Waals surface area contributed by atoms with E-state index in [1.165, 1.54) is 0 Å². The minimum atomic E-state index is -0.707. The summed E-state index contributed by atoms with van der Waals surface area (Å²) in [7, 11) is -0.476. The second-order valence-electron chi connectivity index (χ2n) is 7.03. The van der Waals surface area contributed by atoms with Crippen molar-refractivity contribution in [1.82, 2.24) is 0 Å². The molecule has 0 amide bonds. The van der Waals surface area contributed by atoms with Crippen molar-refractivity contribution in [2.24, 2.45) is 0 Å². The topological polar surface area (TPSA) is 18.5 Å². The van der Waals surface area contributed by atoms with E-state index in [0.717, 1.165) is 11.1 Å². The summed E-state index contributed by atoms with van der Waals surface area (Å²) in [5, 5.41) is 0. The fourth-order valence-electron chi connectivity index (χ4n) is 2.86. The lowest BCUT2D eigenvalue weighted by Gasteiger charge is -2.33. The summed E-state index contributed by atoms with van der Waals surface area (Å²) in [6.45, 7) is 8.21. The van der Waals surface area contributed by atoms with Crippen LogP contribution in [-0.4, -0.2) is 23.1 Å². The third-order valence-electron chi connectivity index (χ3n) is 4.97. The van der Waals surface area contributed by atoms with Crippen molar-refractivity contribution in [2.45, 2.75) is 50.1 Å². The van der Waals surface area contributed by atoms with Crippen molar-refractivity contribution in [3.8, 4) is 0 Å². The number of hydrogen-bond donors (Lipinski definition) is 0. The van der Waals surface area contributed by atoms with Gasteiger partial charge in [0.25, 0.3) is 0 Å². The Hall–Kier alpha value is -1.03. The Bertz CT molecular complexity index is 605. The van der Waals surface area contributed by atoms with Gasteiger partial charge in [-0.2, -0.15) is 0 Å². The van der Waals surface area contributed by atoms with Crippen molar-refractivity contribution < 1.29 is 9.31 Å². The molecule has 1 aliphatic heterocycles. The normalized spacial score (nSPS) is 29.5. The molecule has 1 heterocycles. The Balaban J connectivity index is 1.99. The largest absolute Gasteiger partial charge is 0.485 e. The highest BCUT2D eigenvalue weighted by Crippen LogP contribution is 2.48. The third kappa shape index (κ3) is 2.45. The molecule has 0 saturated carbocycles. The van der Waals surface area contributed by atoms with Gasteiger partial charge in [-0.25, -0.2) is 0 Å². The maximum atomic E-state index is 7.07. The zero-order valence-electron chi connectivity index (χ0n) is 13.6. The Morgan fingerprint density at radius 2 is 1.59 bits per heavy atom. The molecular formula is C18H22BClO2. The predicted octanol–water partition coefficient (Wildman–Crippen LogP) is 4.64. The Morgan fingerprint density at radius 1 is 1.00 bits per heavy atom. The van der Waals surface area contributed by atoms with Crippen LogP contribution < -0.4 is 0 Å². The average Bonchev–Trinajstić information content (AvgIpc) is 2.69. The van der Waals surface area contributed by atoms with Gasteiger partial charge in [0.15, 0.2) is 0 Å². The van der Waals surface area contributed by atoms with Crippen LogP contribution in [0.25, 0.3) is 5.57 Å². The first kappa shape index (κ1) is 15.9. The van der Waals surface area contributed by atoms with Crippen LogP contribution in [0.1, 0.15) is 39.7 Å². The standard InChI is InChI=1S/C18H22BClO2/c1-16(2)17(3,4)22-19(21-16)18(20)13-9-8-12-15(18)14-10-6-5-7-11-14/h5-12H,13H2,1-4H3. The number of alkyl halides is 1. The molecule has 0 spiro atoms. The fourth-order valence-corrected chi connectivity index (χ4v) is 3.21.